The lowest BCUT2D eigenvalue weighted by Crippen LogP contribution is -2.13. The van der Waals surface area contributed by atoms with Gasteiger partial charge in [0, 0.05) is 66.6 Å². The van der Waals surface area contributed by atoms with Gasteiger partial charge >= 0.3 is 18.5 Å². The number of H-pyrrole nitrogens is 1. The Morgan fingerprint density at radius 1 is 0.527 bits per heavy atom. The van der Waals surface area contributed by atoms with E-state index in [2.05, 4.69) is 112 Å². The van der Waals surface area contributed by atoms with Crippen molar-refractivity contribution >= 4 is 59.5 Å². The van der Waals surface area contributed by atoms with E-state index in [1.54, 1.807) is 21.3 Å². The van der Waals surface area contributed by atoms with Crippen molar-refractivity contribution in [3.63, 3.8) is 0 Å². The molecule has 27 nitrogen and oxygen atoms in total. The molecular weight excluding hydrogens is 1190 g/mol. The van der Waals surface area contributed by atoms with Crippen molar-refractivity contribution in [2.24, 2.45) is 5.73 Å². The van der Waals surface area contributed by atoms with Crippen LogP contribution >= 0.6 is 11.6 Å². The second-order valence-electron chi connectivity index (χ2n) is 19.1. The number of ether oxygens (including phenoxy) is 3. The van der Waals surface area contributed by atoms with Crippen LogP contribution in [0.2, 0.25) is 5.15 Å². The van der Waals surface area contributed by atoms with Crippen molar-refractivity contribution in [2.75, 3.05) is 68.8 Å². The third kappa shape index (κ3) is 28.6. The highest BCUT2D eigenvalue weighted by Crippen LogP contribution is 2.32. The molecule has 0 saturated heterocycles. The van der Waals surface area contributed by atoms with Gasteiger partial charge in [-0.15, -0.1) is 10.2 Å². The Labute approximate surface area is 536 Å². The molecular formula is C63H83ClN18O9. The lowest BCUT2D eigenvalue weighted by molar-refractivity contribution is -0.193. The van der Waals surface area contributed by atoms with Gasteiger partial charge < -0.3 is 57.5 Å². The molecule has 11 N–H and O–H groups in total. The molecule has 4 aromatic heterocycles. The number of methoxy groups -OCH3 is 3. The number of nitrogens with one attached hydrogen (secondary N) is 3. The van der Waals surface area contributed by atoms with Crippen molar-refractivity contribution < 1.29 is 43.0 Å². The number of rotatable bonds is 26. The van der Waals surface area contributed by atoms with Crippen molar-refractivity contribution in [3.05, 3.63) is 156 Å². The van der Waals surface area contributed by atoms with Crippen molar-refractivity contribution in [1.29, 1.82) is 0 Å². The number of anilines is 5. The number of aromatic amines is 1. The number of carbonyl (C=O) groups excluding carboxylic acids is 6. The van der Waals surface area contributed by atoms with Crippen LogP contribution in [0.1, 0.15) is 153 Å². The molecule has 28 heteroatoms. The Morgan fingerprint density at radius 3 is 1.22 bits per heavy atom. The van der Waals surface area contributed by atoms with Crippen LogP contribution in [0, 0.1) is 13.1 Å². The summed E-state index contributed by atoms with van der Waals surface area (Å²) in [5, 5.41) is 21.4. The minimum absolute atomic E-state index is 0.180. The third-order valence-corrected chi connectivity index (χ3v) is 13.2. The van der Waals surface area contributed by atoms with E-state index in [4.69, 9.17) is 90.7 Å². The van der Waals surface area contributed by atoms with Gasteiger partial charge in [-0.3, -0.25) is 0 Å². The largest absolute Gasteiger partial charge is 0.496 e. The summed E-state index contributed by atoms with van der Waals surface area (Å²) in [5.41, 5.74) is 34.3. The summed E-state index contributed by atoms with van der Waals surface area (Å²) in [4.78, 5) is 81.7. The van der Waals surface area contributed by atoms with Gasteiger partial charge in [0.2, 0.25) is 30.9 Å². The number of aromatic nitrogens is 10. The number of halogens is 1. The zero-order valence-electron chi connectivity index (χ0n) is 53.2. The van der Waals surface area contributed by atoms with Crippen LogP contribution in [0.25, 0.3) is 9.69 Å². The average molecular weight is 1270 g/mol. The van der Waals surface area contributed by atoms with E-state index >= 15 is 0 Å². The molecule has 0 atom stereocenters. The molecule has 0 amide bonds. The van der Waals surface area contributed by atoms with Crippen LogP contribution in [0.5, 0.6) is 17.2 Å². The summed E-state index contributed by atoms with van der Waals surface area (Å²) >= 11 is 6.24. The van der Waals surface area contributed by atoms with E-state index in [-0.39, 0.29) is 24.4 Å². The minimum atomic E-state index is 0.180. The molecule has 0 aliphatic rings. The van der Waals surface area contributed by atoms with E-state index in [1.165, 1.54) is 12.8 Å². The van der Waals surface area contributed by atoms with Crippen molar-refractivity contribution in [1.82, 2.24) is 50.5 Å². The highest BCUT2D eigenvalue weighted by atomic mass is 35.5. The fraction of sp³-hybridized carbons (Fsp3) is 0.429. The second-order valence-corrected chi connectivity index (χ2v) is 19.5. The minimum Gasteiger partial charge on any atom is -0.496 e. The molecule has 0 aliphatic carbocycles. The Morgan fingerprint density at radius 2 is 0.890 bits per heavy atom. The number of nitrogen functional groups attached to an aromatic ring is 3. The van der Waals surface area contributed by atoms with Gasteiger partial charge in [-0.2, -0.15) is 43.9 Å². The quantitative estimate of drug-likeness (QED) is 0.0151. The van der Waals surface area contributed by atoms with Gasteiger partial charge in [0.25, 0.3) is 0 Å². The molecule has 0 unspecified atom stereocenters. The second kappa shape index (κ2) is 46.8. The lowest BCUT2D eigenvalue weighted by atomic mass is 9.98. The monoisotopic (exact) mass is 1270 g/mol. The number of nitrogens with zero attached hydrogens (tertiary/aromatic N) is 11. The molecule has 3 aromatic carbocycles. The maximum Gasteiger partial charge on any atom is 0.373 e. The molecule has 486 valence electrons. The fourth-order valence-corrected chi connectivity index (χ4v) is 8.98. The maximum absolute atomic E-state index is 8.12. The summed E-state index contributed by atoms with van der Waals surface area (Å²) in [6.45, 7) is 29.9. The van der Waals surface area contributed by atoms with Crippen molar-refractivity contribution in [2.45, 2.75) is 138 Å². The third-order valence-electron chi connectivity index (χ3n) is 12.9. The Hall–Kier alpha value is -10.3. The smallest absolute Gasteiger partial charge is 0.373 e. The highest BCUT2D eigenvalue weighted by molar-refractivity contribution is 6.30. The van der Waals surface area contributed by atoms with Gasteiger partial charge in [0.05, 0.1) is 38.4 Å². The van der Waals surface area contributed by atoms with E-state index in [9.17, 15) is 0 Å². The van der Waals surface area contributed by atoms with Crippen LogP contribution in [0.4, 0.5) is 29.5 Å². The first-order valence-corrected chi connectivity index (χ1v) is 29.5. The van der Waals surface area contributed by atoms with Gasteiger partial charge in [-0.25, -0.2) is 33.1 Å². The summed E-state index contributed by atoms with van der Waals surface area (Å²) in [6, 6.07) is 17.7. The molecule has 0 fully saturated rings. The van der Waals surface area contributed by atoms with Crippen LogP contribution < -0.4 is 47.8 Å². The van der Waals surface area contributed by atoms with Crippen LogP contribution in [0.15, 0.2) is 54.6 Å². The maximum atomic E-state index is 8.12. The summed E-state index contributed by atoms with van der Waals surface area (Å²) in [7, 11) is 4.96. The molecule has 0 spiro atoms. The number of hydrogen-bond acceptors (Lipinski definition) is 24. The molecule has 7 aromatic rings. The first-order chi connectivity index (χ1) is 44.0. The highest BCUT2D eigenvalue weighted by Gasteiger charge is 2.19. The predicted molar refractivity (Wildman–Crippen MR) is 343 cm³/mol. The molecule has 4 heterocycles. The van der Waals surface area contributed by atoms with E-state index < -0.39 is 0 Å². The average Bonchev–Trinajstić information content (AvgIpc) is 1.60. The predicted octanol–water partition coefficient (Wildman–Crippen LogP) is 8.68. The van der Waals surface area contributed by atoms with E-state index in [1.807, 2.05) is 55.5 Å². The number of aryl methyl sites for hydroxylation is 3. The number of hydrogen-bond donors (Lipinski definition) is 7. The van der Waals surface area contributed by atoms with Gasteiger partial charge in [-0.05, 0) is 110 Å². The van der Waals surface area contributed by atoms with E-state index in [0.29, 0.717) is 68.1 Å². The van der Waals surface area contributed by atoms with E-state index in [0.717, 1.165) is 154 Å². The summed E-state index contributed by atoms with van der Waals surface area (Å²) in [6.07, 6.45) is 12.1. The number of benzene rings is 3. The first kappa shape index (κ1) is 78.8. The Bertz CT molecular complexity index is 3440. The summed E-state index contributed by atoms with van der Waals surface area (Å²) < 4.78 is 16.5. The topological polar surface area (TPSA) is 399 Å². The first-order valence-electron chi connectivity index (χ1n) is 29.1. The molecule has 91 heavy (non-hydrogen) atoms. The van der Waals surface area contributed by atoms with Crippen LogP contribution in [0.3, 0.4) is 0 Å². The van der Waals surface area contributed by atoms with Crippen LogP contribution in [-0.2, 0) is 86.8 Å². The summed E-state index contributed by atoms with van der Waals surface area (Å²) in [5.74, 6) is 5.38. The fourth-order valence-electron chi connectivity index (χ4n) is 8.72. The van der Waals surface area contributed by atoms with Crippen molar-refractivity contribution in [3.8, 4) is 17.2 Å². The molecule has 0 aliphatic heterocycles. The molecule has 0 bridgehead atoms. The van der Waals surface area contributed by atoms with Crippen LogP contribution in [-0.4, -0.2) is 110 Å². The number of nitrogens with two attached hydrogens (primary N) is 4. The lowest BCUT2D eigenvalue weighted by Gasteiger charge is -2.17. The molecule has 0 saturated carbocycles. The number of tetrazole rings is 1. The molecule has 7 rings (SSSR count). The SMILES string of the molecule is CCCCN.CCCCNc1nc(N)nc(CC)c1Cc1cc(Cc2nn[nH]n2)ccc1OC.O=C=O.O=C=O.O=C=O.[C-]#[N+]Cc1ccc(OC)c(Cc2c(CC)nc(N)nc2NCCCC)c1.[C-]#[N+]Cc1ccc(OC)c(Cc2c(Cl)nc(N)nc2CC)c1. The Kier molecular flexibility index (Phi) is 40.5. The normalized spacial score (nSPS) is 9.64. The zero-order valence-corrected chi connectivity index (χ0v) is 54.0. The standard InChI is InChI=1S/C20H28N8O.C20H27N5O.C16H17ClN4O.C4H11N.3CO2/c1-4-6-9-22-19-15(16(5-2)23-20(21)24-19)12-14-10-13(7-8-17(14)29-3)11-18-25-27-28-26-18;1-5-7-10-23-19-16(17(6-2)24-20(21)25-19)12-15-11-14(13-22-3)8-9-18(15)26-4;1-4-13-12(15(17)21-16(18)20-13)8-11-7-10(9-19-2)5-6-14(11)22-3;1-2-3-4-5;3*2-1-3/h7-8,10H,4-6,9,11-12H2,1-3H3,(H3,21,22,23,24)(H,25,26,27,28);8-9,11H,5-7,10,12-13H2,1-2,4H3,(H3,21,23,24,25);5-7H,4,8-9H2,1,3H3,(H2,18,20,21);2-5H2,1H3;;;. The van der Waals surface area contributed by atoms with Gasteiger partial charge in [-0.1, -0.05) is 89.8 Å². The Balaban J connectivity index is 0.000000620. The molecule has 0 radical (unpaired) electrons. The zero-order chi connectivity index (χ0) is 67.9. The number of unbranched alkanes of at least 4 members (excludes halogenated alkanes) is 3. The van der Waals surface area contributed by atoms with Gasteiger partial charge in [0.1, 0.15) is 34.0 Å². The van der Waals surface area contributed by atoms with Gasteiger partial charge in [0.15, 0.2) is 5.82 Å².